The Hall–Kier alpha value is -6.25. The lowest BCUT2D eigenvalue weighted by Crippen LogP contribution is -2.06. The number of hydrogen-bond acceptors (Lipinski definition) is 2. The minimum atomic E-state index is -4.47. The Balaban J connectivity index is 0.000000482. The van der Waals surface area contributed by atoms with Gasteiger partial charge >= 0.3 is 6.18 Å². The van der Waals surface area contributed by atoms with Crippen LogP contribution in [-0.4, -0.2) is 46.5 Å². The number of aromatic nitrogens is 10. The first-order valence-corrected chi connectivity index (χ1v) is 29.5. The Labute approximate surface area is 505 Å². The number of rotatable bonds is 5. The molecule has 0 radical (unpaired) electrons. The summed E-state index contributed by atoms with van der Waals surface area (Å²) in [6, 6.07) is 11.2. The molecule has 0 spiro atoms. The molecule has 0 unspecified atom stereocenters. The van der Waals surface area contributed by atoms with Crippen LogP contribution in [0.15, 0.2) is 42.6 Å². The molecule has 10 nitrogen and oxygen atoms in total. The standard InChI is InChI=1S/C12H21N.2C10H17N.C9H14FN.C8H13N.C7H7F4N.C7H12N2.C6H10N2/c1-8(2)11-7-12(9(3)4)13(6)10(11)5;2*1-7(2)10-6-8(3)11(5)9(10)4;1-6(2)8-5-9(10)11(4)7(8)3;1-6-5-7(2)9(4)8(6)3;1-4-5(7(9,10)11)3-6(8)12(4)2;1-5-6(2)9(4)7(3)8-5;1-5-4-7-6(2)8(5)3/h7-9H,1-6H3;2*6-7H,1-5H3;5-6H,1-4H3;5H,1-4H3;3H,1-2H3;1-4H3;4H,1-3H3. The zero-order valence-corrected chi connectivity index (χ0v) is 58.3. The summed E-state index contributed by atoms with van der Waals surface area (Å²) in [5.74, 6) is 4.10. The highest BCUT2D eigenvalue weighted by Crippen LogP contribution is 2.33. The summed E-state index contributed by atoms with van der Waals surface area (Å²) in [4.78, 5) is 8.35. The molecule has 0 amide bonds. The van der Waals surface area contributed by atoms with Gasteiger partial charge in [-0.2, -0.15) is 22.0 Å². The van der Waals surface area contributed by atoms with E-state index in [0.717, 1.165) is 33.2 Å². The number of imidazole rings is 2. The van der Waals surface area contributed by atoms with Gasteiger partial charge in [0.15, 0.2) is 11.9 Å². The Kier molecular flexibility index (Phi) is 29.1. The van der Waals surface area contributed by atoms with Gasteiger partial charge in [-0.15, -0.1) is 0 Å². The molecule has 0 bridgehead atoms. The Morgan fingerprint density at radius 2 is 0.702 bits per heavy atom. The van der Waals surface area contributed by atoms with Crippen molar-refractivity contribution in [2.24, 2.45) is 56.4 Å². The number of aryl methyl sites for hydroxylation is 8. The molecule has 0 aliphatic carbocycles. The van der Waals surface area contributed by atoms with Gasteiger partial charge in [-0.3, -0.25) is 0 Å². The van der Waals surface area contributed by atoms with Gasteiger partial charge in [0.1, 0.15) is 11.6 Å². The van der Waals surface area contributed by atoms with Crippen molar-refractivity contribution in [1.29, 1.82) is 0 Å². The van der Waals surface area contributed by atoms with Gasteiger partial charge in [0.25, 0.3) is 0 Å². The third-order valence-corrected chi connectivity index (χ3v) is 16.9. The van der Waals surface area contributed by atoms with E-state index in [-0.39, 0.29) is 11.6 Å². The molecule has 8 aromatic heterocycles. The smallest absolute Gasteiger partial charge is 0.352 e. The van der Waals surface area contributed by atoms with Crippen molar-refractivity contribution in [3.8, 4) is 0 Å². The van der Waals surface area contributed by atoms with E-state index in [0.29, 0.717) is 35.7 Å². The fourth-order valence-electron chi connectivity index (χ4n) is 9.58. The monoisotopic (exact) mass is 1170 g/mol. The molecule has 0 aliphatic rings. The highest BCUT2D eigenvalue weighted by Gasteiger charge is 2.35. The summed E-state index contributed by atoms with van der Waals surface area (Å²) < 4.78 is 77.3. The van der Waals surface area contributed by atoms with Crippen LogP contribution in [0.5, 0.6) is 0 Å². The quantitative estimate of drug-likeness (QED) is 0.161. The Bertz CT molecular complexity index is 3040. The average molecular weight is 1180 g/mol. The van der Waals surface area contributed by atoms with Crippen LogP contribution in [0.4, 0.5) is 22.0 Å². The van der Waals surface area contributed by atoms with Crippen molar-refractivity contribution in [2.45, 2.75) is 209 Å². The molecule has 472 valence electrons. The number of halogens is 5. The van der Waals surface area contributed by atoms with Gasteiger partial charge in [-0.25, -0.2) is 9.97 Å². The van der Waals surface area contributed by atoms with Crippen LogP contribution in [0.25, 0.3) is 0 Å². The Morgan fingerprint density at radius 1 is 0.345 bits per heavy atom. The minimum Gasteiger partial charge on any atom is -0.352 e. The average Bonchev–Trinajstić information content (AvgIpc) is 4.48. The maximum Gasteiger partial charge on any atom is 0.418 e. The van der Waals surface area contributed by atoms with E-state index in [9.17, 15) is 22.0 Å². The van der Waals surface area contributed by atoms with E-state index in [1.807, 2.05) is 54.9 Å². The first-order chi connectivity index (χ1) is 38.4. The molecule has 0 aliphatic heterocycles. The van der Waals surface area contributed by atoms with Crippen molar-refractivity contribution >= 4 is 0 Å². The lowest BCUT2D eigenvalue weighted by Gasteiger charge is -2.07. The van der Waals surface area contributed by atoms with Gasteiger partial charge in [-0.05, 0) is 192 Å². The van der Waals surface area contributed by atoms with Crippen LogP contribution >= 0.6 is 0 Å². The van der Waals surface area contributed by atoms with Crippen LogP contribution in [0.1, 0.15) is 218 Å². The summed E-state index contributed by atoms with van der Waals surface area (Å²) in [6.45, 7) is 52.7. The molecule has 0 saturated heterocycles. The lowest BCUT2D eigenvalue weighted by molar-refractivity contribution is -0.138. The van der Waals surface area contributed by atoms with Crippen molar-refractivity contribution in [3.05, 3.63) is 174 Å². The zero-order chi connectivity index (χ0) is 65.6. The normalized spacial score (nSPS) is 11.0. The van der Waals surface area contributed by atoms with E-state index in [1.54, 1.807) is 17.7 Å². The molecule has 8 heterocycles. The summed E-state index contributed by atoms with van der Waals surface area (Å²) in [5.41, 5.74) is 21.6. The van der Waals surface area contributed by atoms with Crippen LogP contribution in [0.2, 0.25) is 0 Å². The molecule has 0 fully saturated rings. The lowest BCUT2D eigenvalue weighted by atomic mass is 10.0. The summed E-state index contributed by atoms with van der Waals surface area (Å²) in [6.07, 6.45) is -2.60. The summed E-state index contributed by atoms with van der Waals surface area (Å²) >= 11 is 0. The SMILES string of the molecule is Cc1c(C(C)C)cc(C(C)C)n1C.Cc1c(C(C)C)cc(F)n1C.Cc1c(C(F)(F)F)cc(F)n1C.Cc1cc(C(C)C)c(C)n1C.Cc1cc(C(C)C)c(C)n1C.Cc1cc(C)n(C)c1C.Cc1cnc(C)n1C.Cc1nc(C)n(C)c1C. The second-order valence-corrected chi connectivity index (χ2v) is 24.3. The molecule has 8 rings (SSSR count). The number of nitrogens with zero attached hydrogens (tertiary/aromatic N) is 10. The van der Waals surface area contributed by atoms with Gasteiger partial charge in [-0.1, -0.05) is 69.2 Å². The molecular formula is C69H111F5N10. The molecule has 0 atom stereocenters. The van der Waals surface area contributed by atoms with E-state index in [2.05, 4.69) is 221 Å². The molecule has 0 N–H and O–H groups in total. The number of hydrogen-bond donors (Lipinski definition) is 0. The van der Waals surface area contributed by atoms with Crippen LogP contribution in [0.3, 0.4) is 0 Å². The highest BCUT2D eigenvalue weighted by molar-refractivity contribution is 5.32. The fourth-order valence-corrected chi connectivity index (χ4v) is 9.58. The molecule has 15 heteroatoms. The predicted octanol–water partition coefficient (Wildman–Crippen LogP) is 18.5. The predicted molar refractivity (Wildman–Crippen MR) is 345 cm³/mol. The summed E-state index contributed by atoms with van der Waals surface area (Å²) in [5, 5.41) is 0. The molecular weight excluding hydrogens is 1060 g/mol. The van der Waals surface area contributed by atoms with Crippen molar-refractivity contribution in [3.63, 3.8) is 0 Å². The number of alkyl halides is 3. The first-order valence-electron chi connectivity index (χ1n) is 29.5. The fraction of sp³-hybridized carbons (Fsp3) is 0.565. The van der Waals surface area contributed by atoms with Crippen LogP contribution < -0.4 is 0 Å². The van der Waals surface area contributed by atoms with Crippen molar-refractivity contribution < 1.29 is 22.0 Å². The highest BCUT2D eigenvalue weighted by atomic mass is 19.4. The van der Waals surface area contributed by atoms with E-state index < -0.39 is 17.7 Å². The van der Waals surface area contributed by atoms with Crippen molar-refractivity contribution in [2.75, 3.05) is 0 Å². The molecule has 0 saturated carbocycles. The summed E-state index contributed by atoms with van der Waals surface area (Å²) in [7, 11) is 15.5. The van der Waals surface area contributed by atoms with E-state index >= 15 is 0 Å². The van der Waals surface area contributed by atoms with Crippen molar-refractivity contribution in [1.82, 2.24) is 46.5 Å². The Morgan fingerprint density at radius 3 is 0.845 bits per heavy atom. The first kappa shape index (κ1) is 75.8. The zero-order valence-electron chi connectivity index (χ0n) is 58.3. The largest absolute Gasteiger partial charge is 0.418 e. The molecule has 0 aromatic carbocycles. The maximum absolute atomic E-state index is 12.9. The van der Waals surface area contributed by atoms with Gasteiger partial charge in [0.05, 0.1) is 11.3 Å². The topological polar surface area (TPSA) is 65.2 Å². The minimum absolute atomic E-state index is 0.111. The third-order valence-electron chi connectivity index (χ3n) is 16.9. The van der Waals surface area contributed by atoms with Crippen LogP contribution in [0, 0.1) is 116 Å². The van der Waals surface area contributed by atoms with Gasteiger partial charge < -0.3 is 36.5 Å². The maximum atomic E-state index is 12.9. The molecule has 84 heavy (non-hydrogen) atoms. The molecule has 8 aromatic rings. The van der Waals surface area contributed by atoms with Gasteiger partial charge in [0, 0.05) is 137 Å². The second-order valence-electron chi connectivity index (χ2n) is 24.3. The third kappa shape index (κ3) is 20.2. The van der Waals surface area contributed by atoms with E-state index in [4.69, 9.17) is 0 Å². The second kappa shape index (κ2) is 32.3. The van der Waals surface area contributed by atoms with Crippen LogP contribution in [-0.2, 0) is 62.6 Å². The van der Waals surface area contributed by atoms with E-state index in [1.165, 1.54) is 93.2 Å². The van der Waals surface area contributed by atoms with Gasteiger partial charge in [0.2, 0.25) is 0 Å².